The number of aliphatic hydroxyl groups is 1. The van der Waals surface area contributed by atoms with E-state index in [4.69, 9.17) is 4.74 Å². The molecule has 1 aliphatic heterocycles. The summed E-state index contributed by atoms with van der Waals surface area (Å²) in [7, 11) is 0. The number of anilines is 1. The van der Waals surface area contributed by atoms with Gasteiger partial charge >= 0.3 is 5.91 Å². The zero-order valence-electron chi connectivity index (χ0n) is 24.4. The third kappa shape index (κ3) is 6.73. The smallest absolute Gasteiger partial charge is 0.301 e. The first-order valence-corrected chi connectivity index (χ1v) is 16.7. The van der Waals surface area contributed by atoms with Gasteiger partial charge in [0.1, 0.15) is 18.1 Å². The van der Waals surface area contributed by atoms with Crippen LogP contribution in [0.2, 0.25) is 0 Å². The SMILES string of the molecule is Cc1ccc(CSc2nnc(N3C(=O)C(=O)/C(=C(/O)c4ccc(OCc5ccccc5C)cc4)C3c3ccc(Br)cc3)s2)cc1. The number of aromatic nitrogens is 2. The fourth-order valence-corrected chi connectivity index (χ4v) is 7.06. The number of aryl methyl sites for hydroxylation is 2. The molecule has 0 radical (unpaired) electrons. The van der Waals surface area contributed by atoms with E-state index >= 15 is 0 Å². The van der Waals surface area contributed by atoms with Crippen molar-refractivity contribution in [1.82, 2.24) is 10.2 Å². The van der Waals surface area contributed by atoms with Crippen LogP contribution >= 0.6 is 39.0 Å². The Morgan fingerprint density at radius 2 is 1.64 bits per heavy atom. The summed E-state index contributed by atoms with van der Waals surface area (Å²) in [6, 6.07) is 29.5. The summed E-state index contributed by atoms with van der Waals surface area (Å²) in [5, 5.41) is 20.4. The van der Waals surface area contributed by atoms with E-state index in [1.807, 2.05) is 62.4 Å². The number of ketones is 1. The molecule has 10 heteroatoms. The van der Waals surface area contributed by atoms with Gasteiger partial charge in [-0.1, -0.05) is 105 Å². The van der Waals surface area contributed by atoms with Crippen LogP contribution in [-0.4, -0.2) is 27.0 Å². The number of thioether (sulfide) groups is 1. The van der Waals surface area contributed by atoms with E-state index in [0.29, 0.717) is 33.6 Å². The van der Waals surface area contributed by atoms with Crippen molar-refractivity contribution in [1.29, 1.82) is 0 Å². The number of carbonyl (C=O) groups is 2. The Bertz CT molecular complexity index is 1890. The van der Waals surface area contributed by atoms with Gasteiger partial charge in [0.2, 0.25) is 5.13 Å². The second-order valence-electron chi connectivity index (χ2n) is 10.6. The molecule has 1 atom stereocenters. The number of hydrogen-bond donors (Lipinski definition) is 1. The van der Waals surface area contributed by atoms with Gasteiger partial charge in [0, 0.05) is 15.8 Å². The van der Waals surface area contributed by atoms with Gasteiger partial charge in [-0.3, -0.25) is 14.5 Å². The quantitative estimate of drug-likeness (QED) is 0.0544. The minimum absolute atomic E-state index is 0.0139. The number of rotatable bonds is 9. The lowest BCUT2D eigenvalue weighted by Crippen LogP contribution is -2.29. The average molecular weight is 699 g/mol. The van der Waals surface area contributed by atoms with Crippen LogP contribution in [0.4, 0.5) is 5.13 Å². The molecule has 7 nitrogen and oxygen atoms in total. The van der Waals surface area contributed by atoms with Gasteiger partial charge in [-0.25, -0.2) is 0 Å². The number of amides is 1. The van der Waals surface area contributed by atoms with Crippen molar-refractivity contribution in [2.24, 2.45) is 0 Å². The van der Waals surface area contributed by atoms with Crippen LogP contribution < -0.4 is 9.64 Å². The van der Waals surface area contributed by atoms with Crippen molar-refractivity contribution in [2.75, 3.05) is 4.90 Å². The fraction of sp³-hybridized carbons (Fsp3) is 0.143. The summed E-state index contributed by atoms with van der Waals surface area (Å²) >= 11 is 6.21. The zero-order valence-corrected chi connectivity index (χ0v) is 27.7. The molecular formula is C35H28BrN3O4S2. The molecule has 5 aromatic rings. The predicted molar refractivity (Wildman–Crippen MR) is 182 cm³/mol. The molecule has 1 N–H and O–H groups in total. The maximum Gasteiger partial charge on any atom is 0.301 e. The summed E-state index contributed by atoms with van der Waals surface area (Å²) in [4.78, 5) is 28.5. The molecule has 1 saturated heterocycles. The number of carbonyl (C=O) groups excluding carboxylic acids is 2. The Labute approximate surface area is 277 Å². The monoisotopic (exact) mass is 697 g/mol. The first kappa shape index (κ1) is 30.8. The van der Waals surface area contributed by atoms with Gasteiger partial charge in [0.05, 0.1) is 11.6 Å². The van der Waals surface area contributed by atoms with E-state index in [-0.39, 0.29) is 16.5 Å². The van der Waals surface area contributed by atoms with Crippen LogP contribution in [0.5, 0.6) is 5.75 Å². The topological polar surface area (TPSA) is 92.6 Å². The molecule has 1 fully saturated rings. The van der Waals surface area contributed by atoms with Crippen LogP contribution in [-0.2, 0) is 21.9 Å². The molecule has 1 aromatic heterocycles. The first-order chi connectivity index (χ1) is 21.8. The highest BCUT2D eigenvalue weighted by atomic mass is 79.9. The molecule has 6 rings (SSSR count). The Morgan fingerprint density at radius 3 is 2.36 bits per heavy atom. The van der Waals surface area contributed by atoms with Crippen molar-refractivity contribution in [3.8, 4) is 5.75 Å². The number of hydrogen-bond acceptors (Lipinski definition) is 8. The number of Topliss-reactive ketones (excluding diaryl/α,β-unsaturated/α-hetero) is 1. The Morgan fingerprint density at radius 1 is 0.933 bits per heavy atom. The van der Waals surface area contributed by atoms with Crippen molar-refractivity contribution in [3.63, 3.8) is 0 Å². The standard InChI is InChI=1S/C35H28BrN3O4S2/c1-21-7-9-23(10-8-21)20-44-35-38-37-34(45-35)39-30(24-11-15-27(36)16-12-24)29(32(41)33(39)42)31(40)25-13-17-28(18-14-25)43-19-26-6-4-3-5-22(26)2/h3-18,30,40H,19-20H2,1-2H3/b31-29+. The second kappa shape index (κ2) is 13.4. The summed E-state index contributed by atoms with van der Waals surface area (Å²) in [6.07, 6.45) is 0. The summed E-state index contributed by atoms with van der Waals surface area (Å²) < 4.78 is 7.47. The molecule has 226 valence electrons. The summed E-state index contributed by atoms with van der Waals surface area (Å²) in [5.41, 5.74) is 5.58. The van der Waals surface area contributed by atoms with Crippen LogP contribution in [0.25, 0.3) is 5.76 Å². The molecule has 2 heterocycles. The van der Waals surface area contributed by atoms with Crippen molar-refractivity contribution in [3.05, 3.63) is 140 Å². The Hall–Kier alpha value is -4.25. The van der Waals surface area contributed by atoms with E-state index in [1.165, 1.54) is 33.6 Å². The van der Waals surface area contributed by atoms with Gasteiger partial charge < -0.3 is 9.84 Å². The highest BCUT2D eigenvalue weighted by molar-refractivity contribution is 9.10. The number of aliphatic hydroxyl groups excluding tert-OH is 1. The molecule has 0 aliphatic carbocycles. The maximum absolute atomic E-state index is 13.6. The van der Waals surface area contributed by atoms with Gasteiger partial charge in [0.25, 0.3) is 5.78 Å². The minimum atomic E-state index is -0.891. The molecule has 0 bridgehead atoms. The van der Waals surface area contributed by atoms with E-state index in [1.54, 1.807) is 24.3 Å². The minimum Gasteiger partial charge on any atom is -0.507 e. The lowest BCUT2D eigenvalue weighted by Gasteiger charge is -2.22. The number of benzene rings is 4. The van der Waals surface area contributed by atoms with Crippen LogP contribution in [0.3, 0.4) is 0 Å². The molecule has 4 aromatic carbocycles. The van der Waals surface area contributed by atoms with Gasteiger partial charge in [-0.2, -0.15) is 0 Å². The van der Waals surface area contributed by atoms with E-state index < -0.39 is 17.7 Å². The van der Waals surface area contributed by atoms with Crippen LogP contribution in [0, 0.1) is 13.8 Å². The molecule has 0 saturated carbocycles. The highest BCUT2D eigenvalue weighted by Gasteiger charge is 2.48. The third-order valence-corrected chi connectivity index (χ3v) is 10.2. The molecule has 1 aliphatic rings. The first-order valence-electron chi connectivity index (χ1n) is 14.1. The van der Waals surface area contributed by atoms with Crippen molar-refractivity contribution in [2.45, 2.75) is 36.6 Å². The maximum atomic E-state index is 13.6. The van der Waals surface area contributed by atoms with Gasteiger partial charge in [-0.05, 0) is 72.5 Å². The summed E-state index contributed by atoms with van der Waals surface area (Å²) in [5.74, 6) is -0.524. The molecule has 1 unspecified atom stereocenters. The lowest BCUT2D eigenvalue weighted by atomic mass is 9.95. The fourth-order valence-electron chi connectivity index (χ4n) is 4.98. The Kier molecular flexibility index (Phi) is 9.16. The molecule has 1 amide bonds. The molecular weight excluding hydrogens is 670 g/mol. The van der Waals surface area contributed by atoms with E-state index in [2.05, 4.69) is 50.4 Å². The largest absolute Gasteiger partial charge is 0.507 e. The molecule has 45 heavy (non-hydrogen) atoms. The lowest BCUT2D eigenvalue weighted by molar-refractivity contribution is -0.132. The normalized spacial score (nSPS) is 15.9. The number of ether oxygens (including phenoxy) is 1. The number of halogens is 1. The molecule has 0 spiro atoms. The van der Waals surface area contributed by atoms with Gasteiger partial charge in [0.15, 0.2) is 4.34 Å². The van der Waals surface area contributed by atoms with E-state index in [9.17, 15) is 14.7 Å². The predicted octanol–water partition coefficient (Wildman–Crippen LogP) is 8.42. The zero-order chi connectivity index (χ0) is 31.5. The average Bonchev–Trinajstić information content (AvgIpc) is 3.62. The highest BCUT2D eigenvalue weighted by Crippen LogP contribution is 2.44. The van der Waals surface area contributed by atoms with Crippen molar-refractivity contribution >= 4 is 61.6 Å². The Balaban J connectivity index is 1.29. The third-order valence-electron chi connectivity index (χ3n) is 7.50. The van der Waals surface area contributed by atoms with Gasteiger partial charge in [-0.15, -0.1) is 10.2 Å². The van der Waals surface area contributed by atoms with E-state index in [0.717, 1.165) is 21.2 Å². The second-order valence-corrected chi connectivity index (χ2v) is 13.7. The van der Waals surface area contributed by atoms with Crippen LogP contribution in [0.15, 0.2) is 111 Å². The number of nitrogens with zero attached hydrogens (tertiary/aromatic N) is 3. The van der Waals surface area contributed by atoms with Crippen molar-refractivity contribution < 1.29 is 19.4 Å². The summed E-state index contributed by atoms with van der Waals surface area (Å²) in [6.45, 7) is 4.48. The van der Waals surface area contributed by atoms with Crippen LogP contribution in [0.1, 0.15) is 39.4 Å².